The van der Waals surface area contributed by atoms with Crippen LogP contribution in [-0.4, -0.2) is 18.2 Å². The Morgan fingerprint density at radius 2 is 2.06 bits per heavy atom. The van der Waals surface area contributed by atoms with Crippen LogP contribution in [0, 0.1) is 0 Å². The van der Waals surface area contributed by atoms with Gasteiger partial charge in [0.25, 0.3) is 0 Å². The van der Waals surface area contributed by atoms with Crippen LogP contribution in [0.2, 0.25) is 5.02 Å². The van der Waals surface area contributed by atoms with E-state index in [2.05, 4.69) is 12.2 Å². The fourth-order valence-electron chi connectivity index (χ4n) is 1.59. The van der Waals surface area contributed by atoms with Gasteiger partial charge in [0.15, 0.2) is 0 Å². The van der Waals surface area contributed by atoms with Crippen molar-refractivity contribution in [3.8, 4) is 0 Å². The predicted octanol–water partition coefficient (Wildman–Crippen LogP) is 3.15. The second-order valence-electron chi connectivity index (χ2n) is 3.95. The SMILES string of the molecule is CCCCCNCC(O)c1ccccc1Cl. The van der Waals surface area contributed by atoms with Crippen LogP contribution in [-0.2, 0) is 0 Å². The van der Waals surface area contributed by atoms with Gasteiger partial charge >= 0.3 is 0 Å². The fourth-order valence-corrected chi connectivity index (χ4v) is 1.86. The number of hydrogen-bond donors (Lipinski definition) is 2. The average molecular weight is 242 g/mol. The number of rotatable bonds is 7. The molecule has 0 saturated carbocycles. The first kappa shape index (κ1) is 13.5. The maximum absolute atomic E-state index is 9.91. The molecule has 1 aromatic rings. The molecule has 1 aromatic carbocycles. The quantitative estimate of drug-likeness (QED) is 0.719. The van der Waals surface area contributed by atoms with Gasteiger partial charge in [0.1, 0.15) is 0 Å². The minimum Gasteiger partial charge on any atom is -0.387 e. The number of aliphatic hydroxyl groups excluding tert-OH is 1. The summed E-state index contributed by atoms with van der Waals surface area (Å²) in [6.07, 6.45) is 3.09. The van der Waals surface area contributed by atoms with Gasteiger partial charge in [0.05, 0.1) is 6.10 Å². The second kappa shape index (κ2) is 7.66. The highest BCUT2D eigenvalue weighted by Crippen LogP contribution is 2.21. The largest absolute Gasteiger partial charge is 0.387 e. The number of halogens is 1. The number of hydrogen-bond acceptors (Lipinski definition) is 2. The van der Waals surface area contributed by atoms with E-state index in [-0.39, 0.29) is 0 Å². The van der Waals surface area contributed by atoms with Crippen LogP contribution < -0.4 is 5.32 Å². The first-order chi connectivity index (χ1) is 7.75. The zero-order valence-electron chi connectivity index (χ0n) is 9.75. The second-order valence-corrected chi connectivity index (χ2v) is 4.36. The lowest BCUT2D eigenvalue weighted by Crippen LogP contribution is -2.22. The van der Waals surface area contributed by atoms with Crippen molar-refractivity contribution in [2.75, 3.05) is 13.1 Å². The Kier molecular flexibility index (Phi) is 6.46. The summed E-state index contributed by atoms with van der Waals surface area (Å²) in [5.41, 5.74) is 0.798. The van der Waals surface area contributed by atoms with Gasteiger partial charge in [-0.1, -0.05) is 49.6 Å². The van der Waals surface area contributed by atoms with Crippen molar-refractivity contribution in [2.24, 2.45) is 0 Å². The third kappa shape index (κ3) is 4.52. The van der Waals surface area contributed by atoms with Crippen LogP contribution in [0.4, 0.5) is 0 Å². The molecule has 0 aliphatic rings. The minimum atomic E-state index is -0.518. The van der Waals surface area contributed by atoms with E-state index in [0.717, 1.165) is 18.5 Å². The molecular weight excluding hydrogens is 222 g/mol. The van der Waals surface area contributed by atoms with Crippen LogP contribution in [0.1, 0.15) is 37.9 Å². The minimum absolute atomic E-state index is 0.518. The smallest absolute Gasteiger partial charge is 0.0928 e. The van der Waals surface area contributed by atoms with Gasteiger partial charge in [0.2, 0.25) is 0 Å². The zero-order valence-corrected chi connectivity index (χ0v) is 10.5. The van der Waals surface area contributed by atoms with Crippen LogP contribution in [0.25, 0.3) is 0 Å². The predicted molar refractivity (Wildman–Crippen MR) is 68.8 cm³/mol. The molecule has 2 N–H and O–H groups in total. The molecule has 3 heteroatoms. The Balaban J connectivity index is 2.30. The van der Waals surface area contributed by atoms with Crippen LogP contribution in [0.3, 0.4) is 0 Å². The van der Waals surface area contributed by atoms with Crippen molar-refractivity contribution in [2.45, 2.75) is 32.3 Å². The molecule has 1 atom stereocenters. The molecule has 0 radical (unpaired) electrons. The van der Waals surface area contributed by atoms with E-state index >= 15 is 0 Å². The lowest BCUT2D eigenvalue weighted by molar-refractivity contribution is 0.175. The molecule has 16 heavy (non-hydrogen) atoms. The molecule has 1 rings (SSSR count). The van der Waals surface area contributed by atoms with E-state index in [0.29, 0.717) is 11.6 Å². The summed E-state index contributed by atoms with van der Waals surface area (Å²) in [6, 6.07) is 7.42. The van der Waals surface area contributed by atoms with Crippen molar-refractivity contribution < 1.29 is 5.11 Å². The van der Waals surface area contributed by atoms with E-state index in [1.165, 1.54) is 12.8 Å². The molecular formula is C13H20ClNO. The Morgan fingerprint density at radius 1 is 1.31 bits per heavy atom. The molecule has 0 saturated heterocycles. The highest BCUT2D eigenvalue weighted by molar-refractivity contribution is 6.31. The summed E-state index contributed by atoms with van der Waals surface area (Å²) in [7, 11) is 0. The van der Waals surface area contributed by atoms with Gasteiger partial charge in [-0.3, -0.25) is 0 Å². The summed E-state index contributed by atoms with van der Waals surface area (Å²) in [5.74, 6) is 0. The summed E-state index contributed by atoms with van der Waals surface area (Å²) in [5, 5.41) is 13.8. The van der Waals surface area contributed by atoms with Crippen LogP contribution in [0.15, 0.2) is 24.3 Å². The normalized spacial score (nSPS) is 12.7. The summed E-state index contributed by atoms with van der Waals surface area (Å²) in [6.45, 7) is 3.70. The van der Waals surface area contributed by atoms with Crippen molar-refractivity contribution >= 4 is 11.6 Å². The van der Waals surface area contributed by atoms with E-state index in [4.69, 9.17) is 11.6 Å². The first-order valence-corrected chi connectivity index (χ1v) is 6.26. The molecule has 0 aliphatic heterocycles. The standard InChI is InChI=1S/C13H20ClNO/c1-2-3-6-9-15-10-13(16)11-7-4-5-8-12(11)14/h4-5,7-8,13,15-16H,2-3,6,9-10H2,1H3. The van der Waals surface area contributed by atoms with Gasteiger partial charge in [-0.15, -0.1) is 0 Å². The molecule has 0 aromatic heterocycles. The third-order valence-corrected chi connectivity index (χ3v) is 2.90. The molecule has 0 bridgehead atoms. The van der Waals surface area contributed by atoms with Gasteiger partial charge in [-0.2, -0.15) is 0 Å². The molecule has 0 fully saturated rings. The van der Waals surface area contributed by atoms with E-state index in [9.17, 15) is 5.11 Å². The Bertz CT molecular complexity index is 304. The van der Waals surface area contributed by atoms with Gasteiger partial charge in [-0.05, 0) is 19.0 Å². The van der Waals surface area contributed by atoms with Crippen molar-refractivity contribution in [3.05, 3.63) is 34.9 Å². The lowest BCUT2D eigenvalue weighted by Gasteiger charge is -2.13. The van der Waals surface area contributed by atoms with E-state index < -0.39 is 6.10 Å². The fraction of sp³-hybridized carbons (Fsp3) is 0.538. The summed E-state index contributed by atoms with van der Waals surface area (Å²) >= 11 is 5.99. The molecule has 0 aliphatic carbocycles. The number of unbranched alkanes of at least 4 members (excludes halogenated alkanes) is 2. The molecule has 0 spiro atoms. The average Bonchev–Trinajstić information content (AvgIpc) is 2.29. The topological polar surface area (TPSA) is 32.3 Å². The highest BCUT2D eigenvalue weighted by atomic mass is 35.5. The highest BCUT2D eigenvalue weighted by Gasteiger charge is 2.09. The third-order valence-electron chi connectivity index (χ3n) is 2.56. The van der Waals surface area contributed by atoms with Crippen molar-refractivity contribution in [1.29, 1.82) is 0 Å². The number of nitrogens with one attached hydrogen (secondary N) is 1. The maximum Gasteiger partial charge on any atom is 0.0928 e. The van der Waals surface area contributed by atoms with E-state index in [1.54, 1.807) is 6.07 Å². The molecule has 90 valence electrons. The maximum atomic E-state index is 9.91. The number of benzene rings is 1. The Hall–Kier alpha value is -0.570. The molecule has 2 nitrogen and oxygen atoms in total. The Morgan fingerprint density at radius 3 is 2.75 bits per heavy atom. The van der Waals surface area contributed by atoms with Gasteiger partial charge in [0, 0.05) is 17.1 Å². The van der Waals surface area contributed by atoms with Gasteiger partial charge < -0.3 is 10.4 Å². The van der Waals surface area contributed by atoms with E-state index in [1.807, 2.05) is 18.2 Å². The van der Waals surface area contributed by atoms with Gasteiger partial charge in [-0.25, -0.2) is 0 Å². The molecule has 1 unspecified atom stereocenters. The van der Waals surface area contributed by atoms with Crippen molar-refractivity contribution in [3.63, 3.8) is 0 Å². The number of aliphatic hydroxyl groups is 1. The lowest BCUT2D eigenvalue weighted by atomic mass is 10.1. The van der Waals surface area contributed by atoms with Crippen molar-refractivity contribution in [1.82, 2.24) is 5.32 Å². The first-order valence-electron chi connectivity index (χ1n) is 5.89. The van der Waals surface area contributed by atoms with Crippen LogP contribution >= 0.6 is 11.6 Å². The van der Waals surface area contributed by atoms with Crippen LogP contribution in [0.5, 0.6) is 0 Å². The summed E-state index contributed by atoms with van der Waals surface area (Å²) in [4.78, 5) is 0. The monoisotopic (exact) mass is 241 g/mol. The summed E-state index contributed by atoms with van der Waals surface area (Å²) < 4.78 is 0. The Labute approximate surface area is 103 Å². The zero-order chi connectivity index (χ0) is 11.8. The molecule has 0 heterocycles. The molecule has 0 amide bonds.